The van der Waals surface area contributed by atoms with E-state index in [0.717, 1.165) is 37.2 Å². The molecule has 0 saturated carbocycles. The van der Waals surface area contributed by atoms with Crippen molar-refractivity contribution in [3.05, 3.63) is 82.7 Å². The fourth-order valence-electron chi connectivity index (χ4n) is 4.62. The SMILES string of the molecule is CC(C)c1ccc(F)c(-c2cc(Nc3ccc(N4CCC(O)CC4)cn3)c3c(=O)[nH]ccc3c2)c1. The van der Waals surface area contributed by atoms with E-state index in [2.05, 4.69) is 34.0 Å². The summed E-state index contributed by atoms with van der Waals surface area (Å²) in [6.45, 7) is 5.73. The van der Waals surface area contributed by atoms with Crippen molar-refractivity contribution < 1.29 is 9.50 Å². The second-order valence-corrected chi connectivity index (χ2v) is 9.43. The van der Waals surface area contributed by atoms with Crippen LogP contribution in [0.1, 0.15) is 38.2 Å². The number of benzene rings is 2. The van der Waals surface area contributed by atoms with Crippen LogP contribution in [-0.2, 0) is 0 Å². The molecule has 4 aromatic rings. The maximum atomic E-state index is 14.9. The number of fused-ring (bicyclic) bond motifs is 1. The van der Waals surface area contributed by atoms with Gasteiger partial charge in [-0.1, -0.05) is 19.9 Å². The zero-order valence-electron chi connectivity index (χ0n) is 19.9. The average Bonchev–Trinajstić information content (AvgIpc) is 2.85. The second kappa shape index (κ2) is 9.50. The van der Waals surface area contributed by atoms with E-state index in [9.17, 15) is 14.3 Å². The Morgan fingerprint density at radius 3 is 2.63 bits per heavy atom. The summed E-state index contributed by atoms with van der Waals surface area (Å²) >= 11 is 0. The quantitative estimate of drug-likeness (QED) is 0.354. The summed E-state index contributed by atoms with van der Waals surface area (Å²) in [4.78, 5) is 22.2. The van der Waals surface area contributed by atoms with Crippen LogP contribution in [0.2, 0.25) is 0 Å². The van der Waals surface area contributed by atoms with Crippen LogP contribution in [0, 0.1) is 5.82 Å². The zero-order chi connectivity index (χ0) is 24.5. The van der Waals surface area contributed by atoms with Gasteiger partial charge in [0.15, 0.2) is 0 Å². The highest BCUT2D eigenvalue weighted by Gasteiger charge is 2.18. The molecule has 0 atom stereocenters. The molecule has 0 radical (unpaired) electrons. The van der Waals surface area contributed by atoms with Gasteiger partial charge in [0, 0.05) is 24.8 Å². The van der Waals surface area contributed by atoms with Gasteiger partial charge in [-0.3, -0.25) is 4.79 Å². The number of pyridine rings is 2. The monoisotopic (exact) mass is 472 g/mol. The van der Waals surface area contributed by atoms with Crippen LogP contribution in [0.15, 0.2) is 65.7 Å². The lowest BCUT2D eigenvalue weighted by molar-refractivity contribution is 0.145. The van der Waals surface area contributed by atoms with Crippen LogP contribution in [0.4, 0.5) is 21.6 Å². The Bertz CT molecular complexity index is 1410. The summed E-state index contributed by atoms with van der Waals surface area (Å²) in [5.74, 6) is 0.545. The standard InChI is InChI=1S/C28H29FN4O2/c1-17(2)18-3-5-24(29)23(14-18)20-13-19-7-10-30-28(35)27(19)25(15-20)32-26-6-4-21(16-31-26)33-11-8-22(34)9-12-33/h3-7,10,13-17,22,34H,8-9,11-12H2,1-2H3,(H,30,35)(H,31,32). The van der Waals surface area contributed by atoms with Crippen LogP contribution >= 0.6 is 0 Å². The highest BCUT2D eigenvalue weighted by molar-refractivity contribution is 5.98. The molecule has 35 heavy (non-hydrogen) atoms. The molecule has 1 aliphatic rings. The number of hydrogen-bond donors (Lipinski definition) is 3. The van der Waals surface area contributed by atoms with Gasteiger partial charge in [0.05, 0.1) is 29.1 Å². The molecule has 0 bridgehead atoms. The Morgan fingerprint density at radius 2 is 1.91 bits per heavy atom. The average molecular weight is 473 g/mol. The van der Waals surface area contributed by atoms with E-state index >= 15 is 0 Å². The molecule has 7 heteroatoms. The predicted octanol–water partition coefficient (Wildman–Crippen LogP) is 5.56. The fraction of sp³-hybridized carbons (Fsp3) is 0.286. The van der Waals surface area contributed by atoms with Crippen molar-refractivity contribution in [2.24, 2.45) is 0 Å². The number of aliphatic hydroxyl groups is 1. The lowest BCUT2D eigenvalue weighted by Crippen LogP contribution is -2.35. The molecule has 0 amide bonds. The molecule has 1 aliphatic heterocycles. The Hall–Kier alpha value is -3.71. The maximum Gasteiger partial charge on any atom is 0.257 e. The largest absolute Gasteiger partial charge is 0.393 e. The van der Waals surface area contributed by atoms with E-state index in [1.54, 1.807) is 12.4 Å². The Labute approximate surface area is 203 Å². The molecular weight excluding hydrogens is 443 g/mol. The highest BCUT2D eigenvalue weighted by atomic mass is 19.1. The molecule has 6 nitrogen and oxygen atoms in total. The summed E-state index contributed by atoms with van der Waals surface area (Å²) in [7, 11) is 0. The van der Waals surface area contributed by atoms with Crippen LogP contribution in [-0.4, -0.2) is 34.3 Å². The Morgan fingerprint density at radius 1 is 1.11 bits per heavy atom. The number of piperidine rings is 1. The molecule has 3 N–H and O–H groups in total. The highest BCUT2D eigenvalue weighted by Crippen LogP contribution is 2.34. The number of H-pyrrole nitrogens is 1. The summed E-state index contributed by atoms with van der Waals surface area (Å²) in [6.07, 6.45) is 4.65. The summed E-state index contributed by atoms with van der Waals surface area (Å²) in [5.41, 5.74) is 3.56. The number of nitrogens with one attached hydrogen (secondary N) is 2. The van der Waals surface area contributed by atoms with E-state index in [-0.39, 0.29) is 23.4 Å². The lowest BCUT2D eigenvalue weighted by Gasteiger charge is -2.31. The Kier molecular flexibility index (Phi) is 6.26. The molecule has 5 rings (SSSR count). The third-order valence-corrected chi connectivity index (χ3v) is 6.68. The van der Waals surface area contributed by atoms with E-state index in [0.29, 0.717) is 33.4 Å². The molecular formula is C28H29FN4O2. The summed E-state index contributed by atoms with van der Waals surface area (Å²) in [5, 5.41) is 14.2. The minimum Gasteiger partial charge on any atom is -0.393 e. The van der Waals surface area contributed by atoms with Crippen LogP contribution < -0.4 is 15.8 Å². The van der Waals surface area contributed by atoms with Gasteiger partial charge in [0.2, 0.25) is 0 Å². The Balaban J connectivity index is 1.53. The first-order valence-electron chi connectivity index (χ1n) is 12.0. The van der Waals surface area contributed by atoms with Crippen molar-refractivity contribution in [1.82, 2.24) is 9.97 Å². The molecule has 0 aliphatic carbocycles. The first-order valence-corrected chi connectivity index (χ1v) is 12.0. The minimum absolute atomic E-state index is 0.226. The number of aromatic nitrogens is 2. The maximum absolute atomic E-state index is 14.9. The number of aromatic amines is 1. The number of anilines is 3. The number of hydrogen-bond acceptors (Lipinski definition) is 5. The molecule has 2 aromatic carbocycles. The summed E-state index contributed by atoms with van der Waals surface area (Å²) < 4.78 is 14.9. The van der Waals surface area contributed by atoms with E-state index in [1.807, 2.05) is 42.5 Å². The number of rotatable bonds is 5. The first kappa shape index (κ1) is 23.1. The van der Waals surface area contributed by atoms with Crippen molar-refractivity contribution in [1.29, 1.82) is 0 Å². The van der Waals surface area contributed by atoms with Gasteiger partial charge < -0.3 is 20.3 Å². The van der Waals surface area contributed by atoms with Gasteiger partial charge in [0.1, 0.15) is 11.6 Å². The van der Waals surface area contributed by atoms with Crippen LogP contribution in [0.5, 0.6) is 0 Å². The first-order chi connectivity index (χ1) is 16.9. The smallest absolute Gasteiger partial charge is 0.257 e. The zero-order valence-corrected chi connectivity index (χ0v) is 19.9. The van der Waals surface area contributed by atoms with Gasteiger partial charge in [0.25, 0.3) is 5.56 Å². The van der Waals surface area contributed by atoms with Crippen LogP contribution in [0.3, 0.4) is 0 Å². The van der Waals surface area contributed by atoms with Crippen molar-refractivity contribution in [2.75, 3.05) is 23.3 Å². The van der Waals surface area contributed by atoms with E-state index in [4.69, 9.17) is 0 Å². The number of halogens is 1. The number of aliphatic hydroxyl groups excluding tert-OH is 1. The van der Waals surface area contributed by atoms with Gasteiger partial charge in [-0.05, 0) is 77.7 Å². The summed E-state index contributed by atoms with van der Waals surface area (Å²) in [6, 6.07) is 14.5. The van der Waals surface area contributed by atoms with Crippen molar-refractivity contribution >= 4 is 28.0 Å². The third-order valence-electron chi connectivity index (χ3n) is 6.68. The molecule has 180 valence electrons. The molecule has 0 unspecified atom stereocenters. The van der Waals surface area contributed by atoms with Gasteiger partial charge in [-0.15, -0.1) is 0 Å². The van der Waals surface area contributed by atoms with Crippen molar-refractivity contribution in [2.45, 2.75) is 38.7 Å². The topological polar surface area (TPSA) is 81.2 Å². The third kappa shape index (κ3) is 4.77. The van der Waals surface area contributed by atoms with Gasteiger partial charge in [-0.25, -0.2) is 9.37 Å². The molecule has 1 fully saturated rings. The van der Waals surface area contributed by atoms with Gasteiger partial charge >= 0.3 is 0 Å². The van der Waals surface area contributed by atoms with Crippen molar-refractivity contribution in [3.63, 3.8) is 0 Å². The minimum atomic E-state index is -0.307. The lowest BCUT2D eigenvalue weighted by atomic mass is 9.95. The van der Waals surface area contributed by atoms with E-state index in [1.165, 1.54) is 6.07 Å². The van der Waals surface area contributed by atoms with E-state index < -0.39 is 0 Å². The molecule has 1 saturated heterocycles. The normalized spacial score (nSPS) is 14.6. The van der Waals surface area contributed by atoms with Gasteiger partial charge in [-0.2, -0.15) is 0 Å². The molecule has 3 heterocycles. The molecule has 2 aromatic heterocycles. The number of nitrogens with zero attached hydrogens (tertiary/aromatic N) is 2. The van der Waals surface area contributed by atoms with Crippen molar-refractivity contribution in [3.8, 4) is 11.1 Å². The predicted molar refractivity (Wildman–Crippen MR) is 139 cm³/mol. The van der Waals surface area contributed by atoms with Crippen LogP contribution in [0.25, 0.3) is 21.9 Å². The second-order valence-electron chi connectivity index (χ2n) is 9.43. The fourth-order valence-corrected chi connectivity index (χ4v) is 4.62. The molecule has 0 spiro atoms.